The fourth-order valence-corrected chi connectivity index (χ4v) is 1.42. The molecular weight excluding hydrogens is 194 g/mol. The first-order valence-electron chi connectivity index (χ1n) is 4.69. The molecule has 0 aliphatic rings. The highest BCUT2D eigenvalue weighted by Crippen LogP contribution is 2.29. The molecule has 1 aromatic carbocycles. The first-order chi connectivity index (χ1) is 7.08. The van der Waals surface area contributed by atoms with Crippen molar-refractivity contribution in [3.63, 3.8) is 0 Å². The summed E-state index contributed by atoms with van der Waals surface area (Å²) in [6.45, 7) is 1.86. The predicted octanol–water partition coefficient (Wildman–Crippen LogP) is 1.10. The second-order valence-electron chi connectivity index (χ2n) is 3.52. The van der Waals surface area contributed by atoms with Crippen molar-refractivity contribution in [1.29, 1.82) is 0 Å². The standard InChI is InChI=1S/C11H15NO3/c1-7(12)3-8-5-11(15-2)10(14)4-9(8)6-13/h4-7,14H,3,12H2,1-2H3. The van der Waals surface area contributed by atoms with Crippen molar-refractivity contribution in [2.45, 2.75) is 19.4 Å². The zero-order valence-electron chi connectivity index (χ0n) is 8.86. The Bertz CT molecular complexity index is 361. The second-order valence-corrected chi connectivity index (χ2v) is 3.52. The van der Waals surface area contributed by atoms with Gasteiger partial charge in [0.2, 0.25) is 0 Å². The Labute approximate surface area is 88.7 Å². The Kier molecular flexibility index (Phi) is 3.68. The minimum Gasteiger partial charge on any atom is -0.504 e. The molecule has 0 saturated heterocycles. The third-order valence-electron chi connectivity index (χ3n) is 2.11. The van der Waals surface area contributed by atoms with Crippen LogP contribution in [0.15, 0.2) is 12.1 Å². The van der Waals surface area contributed by atoms with E-state index in [-0.39, 0.29) is 11.8 Å². The summed E-state index contributed by atoms with van der Waals surface area (Å²) in [4.78, 5) is 10.8. The summed E-state index contributed by atoms with van der Waals surface area (Å²) in [5.41, 5.74) is 6.89. The molecule has 0 heterocycles. The summed E-state index contributed by atoms with van der Waals surface area (Å²) in [6.07, 6.45) is 1.28. The fourth-order valence-electron chi connectivity index (χ4n) is 1.42. The van der Waals surface area contributed by atoms with Crippen LogP contribution in [0.25, 0.3) is 0 Å². The normalized spacial score (nSPS) is 12.2. The van der Waals surface area contributed by atoms with Crippen LogP contribution in [0.3, 0.4) is 0 Å². The number of nitrogens with two attached hydrogens (primary N) is 1. The maximum atomic E-state index is 10.8. The number of aromatic hydroxyl groups is 1. The number of ether oxygens (including phenoxy) is 1. The quantitative estimate of drug-likeness (QED) is 0.728. The molecule has 0 amide bonds. The van der Waals surface area contributed by atoms with Gasteiger partial charge in [-0.05, 0) is 31.0 Å². The van der Waals surface area contributed by atoms with Crippen molar-refractivity contribution in [2.24, 2.45) is 5.73 Å². The number of rotatable bonds is 4. The van der Waals surface area contributed by atoms with Crippen molar-refractivity contribution < 1.29 is 14.6 Å². The van der Waals surface area contributed by atoms with Gasteiger partial charge >= 0.3 is 0 Å². The monoisotopic (exact) mass is 209 g/mol. The predicted molar refractivity (Wildman–Crippen MR) is 57.4 cm³/mol. The van der Waals surface area contributed by atoms with Crippen LogP contribution < -0.4 is 10.5 Å². The second kappa shape index (κ2) is 4.79. The Hall–Kier alpha value is -1.55. The van der Waals surface area contributed by atoms with E-state index in [1.165, 1.54) is 13.2 Å². The lowest BCUT2D eigenvalue weighted by Gasteiger charge is -2.11. The number of phenolic OH excluding ortho intramolecular Hbond substituents is 1. The van der Waals surface area contributed by atoms with Crippen LogP contribution in [0.2, 0.25) is 0 Å². The van der Waals surface area contributed by atoms with E-state index >= 15 is 0 Å². The number of carbonyl (C=O) groups excluding carboxylic acids is 1. The molecule has 1 aromatic rings. The maximum absolute atomic E-state index is 10.8. The van der Waals surface area contributed by atoms with Gasteiger partial charge in [0.1, 0.15) is 6.29 Å². The first-order valence-corrected chi connectivity index (χ1v) is 4.69. The van der Waals surface area contributed by atoms with Crippen molar-refractivity contribution in [3.8, 4) is 11.5 Å². The van der Waals surface area contributed by atoms with Crippen molar-refractivity contribution in [3.05, 3.63) is 23.3 Å². The van der Waals surface area contributed by atoms with Crippen LogP contribution >= 0.6 is 0 Å². The lowest BCUT2D eigenvalue weighted by atomic mass is 10.0. The largest absolute Gasteiger partial charge is 0.504 e. The van der Waals surface area contributed by atoms with Crippen LogP contribution in [0, 0.1) is 0 Å². The first kappa shape index (κ1) is 11.5. The zero-order valence-corrected chi connectivity index (χ0v) is 8.86. The van der Waals surface area contributed by atoms with Gasteiger partial charge in [-0.3, -0.25) is 4.79 Å². The Morgan fingerprint density at radius 2 is 2.27 bits per heavy atom. The molecule has 0 spiro atoms. The van der Waals surface area contributed by atoms with E-state index in [1.807, 2.05) is 6.92 Å². The van der Waals surface area contributed by atoms with E-state index in [0.29, 0.717) is 24.0 Å². The van der Waals surface area contributed by atoms with Gasteiger partial charge in [-0.1, -0.05) is 0 Å². The molecule has 1 atom stereocenters. The van der Waals surface area contributed by atoms with Gasteiger partial charge in [0, 0.05) is 11.6 Å². The molecule has 4 heteroatoms. The molecule has 1 rings (SSSR count). The average Bonchev–Trinajstić information content (AvgIpc) is 2.19. The van der Waals surface area contributed by atoms with Crippen LogP contribution in [0.5, 0.6) is 11.5 Å². The minimum atomic E-state index is -0.0436. The number of hydrogen-bond donors (Lipinski definition) is 2. The Balaban J connectivity index is 3.16. The van der Waals surface area contributed by atoms with E-state index in [1.54, 1.807) is 6.07 Å². The lowest BCUT2D eigenvalue weighted by Crippen LogP contribution is -2.18. The van der Waals surface area contributed by atoms with Gasteiger partial charge in [-0.25, -0.2) is 0 Å². The molecular formula is C11H15NO3. The molecule has 3 N–H and O–H groups in total. The average molecular weight is 209 g/mol. The van der Waals surface area contributed by atoms with Gasteiger partial charge in [-0.2, -0.15) is 0 Å². The number of phenols is 1. The van der Waals surface area contributed by atoms with Gasteiger partial charge < -0.3 is 15.6 Å². The molecule has 1 unspecified atom stereocenters. The van der Waals surface area contributed by atoms with E-state index in [2.05, 4.69) is 0 Å². The van der Waals surface area contributed by atoms with Crippen LogP contribution in [-0.2, 0) is 6.42 Å². The van der Waals surface area contributed by atoms with E-state index in [4.69, 9.17) is 10.5 Å². The van der Waals surface area contributed by atoms with Crippen LogP contribution in [0.1, 0.15) is 22.8 Å². The van der Waals surface area contributed by atoms with E-state index < -0.39 is 0 Å². The van der Waals surface area contributed by atoms with E-state index in [9.17, 15) is 9.90 Å². The molecule has 0 saturated carbocycles. The highest BCUT2D eigenvalue weighted by molar-refractivity contribution is 5.79. The lowest BCUT2D eigenvalue weighted by molar-refractivity contribution is 0.112. The number of hydrogen-bond acceptors (Lipinski definition) is 4. The van der Waals surface area contributed by atoms with Crippen LogP contribution in [-0.4, -0.2) is 24.5 Å². The van der Waals surface area contributed by atoms with Gasteiger partial charge in [-0.15, -0.1) is 0 Å². The van der Waals surface area contributed by atoms with Gasteiger partial charge in [0.05, 0.1) is 7.11 Å². The number of carbonyl (C=O) groups is 1. The Morgan fingerprint density at radius 3 is 2.73 bits per heavy atom. The van der Waals surface area contributed by atoms with Gasteiger partial charge in [0.25, 0.3) is 0 Å². The smallest absolute Gasteiger partial charge is 0.160 e. The summed E-state index contributed by atoms with van der Waals surface area (Å²) >= 11 is 0. The summed E-state index contributed by atoms with van der Waals surface area (Å²) in [5.74, 6) is 0.323. The van der Waals surface area contributed by atoms with E-state index in [0.717, 1.165) is 5.56 Å². The highest BCUT2D eigenvalue weighted by atomic mass is 16.5. The van der Waals surface area contributed by atoms with Crippen molar-refractivity contribution in [1.82, 2.24) is 0 Å². The molecule has 15 heavy (non-hydrogen) atoms. The number of methoxy groups -OCH3 is 1. The molecule has 0 bridgehead atoms. The number of aldehydes is 1. The molecule has 4 nitrogen and oxygen atoms in total. The Morgan fingerprint density at radius 1 is 1.60 bits per heavy atom. The zero-order chi connectivity index (χ0) is 11.4. The van der Waals surface area contributed by atoms with Crippen LogP contribution in [0.4, 0.5) is 0 Å². The summed E-state index contributed by atoms with van der Waals surface area (Å²) < 4.78 is 4.96. The summed E-state index contributed by atoms with van der Waals surface area (Å²) in [5, 5.41) is 9.47. The molecule has 0 radical (unpaired) electrons. The molecule has 0 aliphatic carbocycles. The third kappa shape index (κ3) is 2.70. The number of benzene rings is 1. The molecule has 0 aliphatic heterocycles. The fraction of sp³-hybridized carbons (Fsp3) is 0.364. The molecule has 0 aromatic heterocycles. The third-order valence-corrected chi connectivity index (χ3v) is 2.11. The maximum Gasteiger partial charge on any atom is 0.160 e. The highest BCUT2D eigenvalue weighted by Gasteiger charge is 2.10. The molecule has 0 fully saturated rings. The summed E-state index contributed by atoms with van der Waals surface area (Å²) in [6, 6.07) is 2.99. The molecule has 82 valence electrons. The summed E-state index contributed by atoms with van der Waals surface area (Å²) in [7, 11) is 1.46. The van der Waals surface area contributed by atoms with Crippen molar-refractivity contribution >= 4 is 6.29 Å². The van der Waals surface area contributed by atoms with Gasteiger partial charge in [0.15, 0.2) is 11.5 Å². The SMILES string of the molecule is COc1cc(CC(C)N)c(C=O)cc1O. The topological polar surface area (TPSA) is 72.5 Å². The van der Waals surface area contributed by atoms with Crippen molar-refractivity contribution in [2.75, 3.05) is 7.11 Å². The minimum absolute atomic E-state index is 0.0342.